The number of aliphatic hydroxyl groups excluding tert-OH is 3. The van der Waals surface area contributed by atoms with Crippen LogP contribution in [0.1, 0.15) is 194 Å². The summed E-state index contributed by atoms with van der Waals surface area (Å²) in [5.74, 6) is -2.48. The minimum atomic E-state index is -1.87. The number of unbranched alkanes of at least 4 members (excludes halogenated alkanes) is 16. The smallest absolute Gasteiger partial charge is 0.335 e. The lowest BCUT2D eigenvalue weighted by Gasteiger charge is -2.38. The molecule has 6 unspecified atom stereocenters. The van der Waals surface area contributed by atoms with Crippen molar-refractivity contribution in [3.63, 3.8) is 0 Å². The van der Waals surface area contributed by atoms with Crippen molar-refractivity contribution in [3.8, 4) is 0 Å². The van der Waals surface area contributed by atoms with Gasteiger partial charge in [0.05, 0.1) is 6.61 Å². The monoisotopic (exact) mass is 953 g/mol. The molecule has 386 valence electrons. The molecule has 6 atom stereocenters. The van der Waals surface area contributed by atoms with E-state index in [0.29, 0.717) is 12.8 Å². The molecule has 1 aliphatic heterocycles. The number of aliphatic carboxylic acids is 1. The molecule has 11 nitrogen and oxygen atoms in total. The van der Waals surface area contributed by atoms with Crippen LogP contribution in [-0.4, -0.2) is 88.4 Å². The number of hydrogen-bond donors (Lipinski definition) is 4. The Morgan fingerprint density at radius 1 is 0.456 bits per heavy atom. The number of carbonyl (C=O) groups excluding carboxylic acids is 2. The van der Waals surface area contributed by atoms with E-state index < -0.39 is 61.3 Å². The van der Waals surface area contributed by atoms with Crippen LogP contribution in [0.3, 0.4) is 0 Å². The van der Waals surface area contributed by atoms with Crippen molar-refractivity contribution in [3.05, 3.63) is 97.2 Å². The fourth-order valence-electron chi connectivity index (χ4n) is 7.39. The van der Waals surface area contributed by atoms with E-state index in [2.05, 4.69) is 111 Å². The van der Waals surface area contributed by atoms with E-state index in [9.17, 15) is 34.8 Å². The van der Waals surface area contributed by atoms with E-state index in [1.54, 1.807) is 0 Å². The fourth-order valence-corrected chi connectivity index (χ4v) is 7.39. The van der Waals surface area contributed by atoms with Crippen molar-refractivity contribution >= 4 is 17.9 Å². The Labute approximate surface area is 411 Å². The van der Waals surface area contributed by atoms with Gasteiger partial charge in [-0.25, -0.2) is 4.79 Å². The minimum absolute atomic E-state index is 0.160. The van der Waals surface area contributed by atoms with Crippen molar-refractivity contribution < 1.29 is 53.8 Å². The van der Waals surface area contributed by atoms with Crippen molar-refractivity contribution in [2.24, 2.45) is 0 Å². The second-order valence-electron chi connectivity index (χ2n) is 17.6. The molecule has 0 aromatic heterocycles. The lowest BCUT2D eigenvalue weighted by atomic mass is 9.99. The molecule has 1 rings (SSSR count). The summed E-state index contributed by atoms with van der Waals surface area (Å²) in [7, 11) is 0. The number of carboxylic acid groups (broad SMARTS) is 1. The zero-order chi connectivity index (χ0) is 49.6. The maximum absolute atomic E-state index is 12.8. The van der Waals surface area contributed by atoms with Crippen molar-refractivity contribution in [1.29, 1.82) is 0 Å². The molecular formula is C57H92O11. The predicted molar refractivity (Wildman–Crippen MR) is 275 cm³/mol. The van der Waals surface area contributed by atoms with E-state index in [1.807, 2.05) is 0 Å². The van der Waals surface area contributed by atoms with Crippen LogP contribution in [0, 0.1) is 0 Å². The summed E-state index contributed by atoms with van der Waals surface area (Å²) in [6.45, 7) is 3.58. The number of hydrogen-bond acceptors (Lipinski definition) is 10. The van der Waals surface area contributed by atoms with Gasteiger partial charge in [-0.2, -0.15) is 0 Å². The topological polar surface area (TPSA) is 169 Å². The standard InChI is InChI=1S/C57H92O11/c1-3-5-7-9-11-13-15-17-19-21-23-24-25-26-28-29-31-33-35-37-39-41-43-45-50(58)65-47-49(48-66-57-54(62)52(60)53(61)55(68-57)56(63)64)67-51(59)46-44-42-40-38-36-34-32-30-27-22-20-18-16-14-12-10-8-6-4-2/h5-8,11-14,17-20,23-24,27,30,49,52-55,57,60-62H,3-4,9-10,15-16,21-22,25-26,28-29,31-48H2,1-2H3,(H,63,64)/b7-5-,8-6-,13-11-,14-12-,19-17-,20-18-,24-23-,30-27-. The van der Waals surface area contributed by atoms with Crippen LogP contribution in [0.4, 0.5) is 0 Å². The van der Waals surface area contributed by atoms with Gasteiger partial charge in [0, 0.05) is 12.8 Å². The van der Waals surface area contributed by atoms with E-state index >= 15 is 0 Å². The highest BCUT2D eigenvalue weighted by Gasteiger charge is 2.47. The summed E-state index contributed by atoms with van der Waals surface area (Å²) < 4.78 is 21.8. The van der Waals surface area contributed by atoms with E-state index in [1.165, 1.54) is 38.5 Å². The quantitative estimate of drug-likeness (QED) is 0.0261. The second-order valence-corrected chi connectivity index (χ2v) is 17.6. The first kappa shape index (κ1) is 62.1. The molecule has 0 aromatic carbocycles. The molecule has 0 spiro atoms. The summed E-state index contributed by atoms with van der Waals surface area (Å²) in [6.07, 6.45) is 53.0. The van der Waals surface area contributed by atoms with Gasteiger partial charge in [0.25, 0.3) is 0 Å². The molecule has 0 saturated carbocycles. The molecule has 4 N–H and O–H groups in total. The third kappa shape index (κ3) is 36.2. The molecule has 0 aliphatic carbocycles. The molecular weight excluding hydrogens is 861 g/mol. The second kappa shape index (κ2) is 45.6. The van der Waals surface area contributed by atoms with Gasteiger partial charge in [-0.1, -0.05) is 188 Å². The Bertz CT molecular complexity index is 1490. The maximum Gasteiger partial charge on any atom is 0.335 e. The molecule has 1 saturated heterocycles. The highest BCUT2D eigenvalue weighted by molar-refractivity contribution is 5.73. The Morgan fingerprint density at radius 3 is 1.24 bits per heavy atom. The van der Waals surface area contributed by atoms with Gasteiger partial charge in [0.15, 0.2) is 18.5 Å². The van der Waals surface area contributed by atoms with E-state index in [4.69, 9.17) is 18.9 Å². The van der Waals surface area contributed by atoms with Crippen molar-refractivity contribution in [1.82, 2.24) is 0 Å². The number of aliphatic hydroxyl groups is 3. The Kier molecular flexibility index (Phi) is 41.6. The normalized spacial score (nSPS) is 19.7. The van der Waals surface area contributed by atoms with Crippen LogP contribution < -0.4 is 0 Å². The number of allylic oxidation sites excluding steroid dienone is 16. The first-order valence-corrected chi connectivity index (χ1v) is 26.3. The number of carboxylic acids is 1. The Morgan fingerprint density at radius 2 is 0.824 bits per heavy atom. The third-order valence-corrected chi connectivity index (χ3v) is 11.4. The maximum atomic E-state index is 12.8. The molecule has 1 aliphatic rings. The van der Waals surface area contributed by atoms with Crippen LogP contribution in [0.25, 0.3) is 0 Å². The van der Waals surface area contributed by atoms with Gasteiger partial charge in [0.2, 0.25) is 0 Å². The molecule has 0 bridgehead atoms. The molecule has 0 radical (unpaired) electrons. The third-order valence-electron chi connectivity index (χ3n) is 11.4. The largest absolute Gasteiger partial charge is 0.479 e. The van der Waals surface area contributed by atoms with Gasteiger partial charge >= 0.3 is 17.9 Å². The van der Waals surface area contributed by atoms with Crippen LogP contribution >= 0.6 is 0 Å². The van der Waals surface area contributed by atoms with Gasteiger partial charge in [0.1, 0.15) is 24.9 Å². The summed E-state index contributed by atoms with van der Waals surface area (Å²) >= 11 is 0. The van der Waals surface area contributed by atoms with Gasteiger partial charge < -0.3 is 39.4 Å². The average Bonchev–Trinajstić information content (AvgIpc) is 3.32. The highest BCUT2D eigenvalue weighted by Crippen LogP contribution is 2.23. The zero-order valence-corrected chi connectivity index (χ0v) is 42.1. The average molecular weight is 953 g/mol. The van der Waals surface area contributed by atoms with Gasteiger partial charge in [-0.05, 0) is 89.9 Å². The van der Waals surface area contributed by atoms with E-state index in [-0.39, 0.29) is 19.4 Å². The van der Waals surface area contributed by atoms with E-state index in [0.717, 1.165) is 116 Å². The first-order chi connectivity index (χ1) is 33.2. The lowest BCUT2D eigenvalue weighted by Crippen LogP contribution is -2.60. The molecule has 0 amide bonds. The number of carbonyl (C=O) groups is 3. The Hall–Kier alpha value is -3.87. The van der Waals surface area contributed by atoms with Gasteiger partial charge in [-0.15, -0.1) is 0 Å². The fraction of sp³-hybridized carbons (Fsp3) is 0.667. The summed E-state index contributed by atoms with van der Waals surface area (Å²) in [5, 5.41) is 40.0. The minimum Gasteiger partial charge on any atom is -0.479 e. The van der Waals surface area contributed by atoms with Crippen LogP contribution in [-0.2, 0) is 33.3 Å². The van der Waals surface area contributed by atoms with Crippen molar-refractivity contribution in [2.75, 3.05) is 13.2 Å². The van der Waals surface area contributed by atoms with Gasteiger partial charge in [-0.3, -0.25) is 9.59 Å². The summed E-state index contributed by atoms with van der Waals surface area (Å²) in [6, 6.07) is 0. The van der Waals surface area contributed by atoms with Crippen LogP contribution in [0.2, 0.25) is 0 Å². The molecule has 11 heteroatoms. The van der Waals surface area contributed by atoms with Crippen LogP contribution in [0.15, 0.2) is 97.2 Å². The zero-order valence-electron chi connectivity index (χ0n) is 42.1. The SMILES string of the molecule is CC/C=C\C/C=C\C/C=C\C/C=C\CCCCCCCCCCCCC(=O)OCC(COC1OC(C(=O)O)C(O)C(O)C1O)OC(=O)CCCCCCCC/C=C\C/C=C\C/C=C\C/C=C\CC. The number of rotatable bonds is 43. The molecule has 0 aromatic rings. The Balaban J connectivity index is 2.30. The highest BCUT2D eigenvalue weighted by atomic mass is 16.7. The lowest BCUT2D eigenvalue weighted by molar-refractivity contribution is -0.298. The van der Waals surface area contributed by atoms with Crippen molar-refractivity contribution in [2.45, 2.75) is 230 Å². The summed E-state index contributed by atoms with van der Waals surface area (Å²) in [5.41, 5.74) is 0. The molecule has 1 heterocycles. The van der Waals surface area contributed by atoms with Crippen LogP contribution in [0.5, 0.6) is 0 Å². The number of ether oxygens (including phenoxy) is 4. The molecule has 1 fully saturated rings. The number of esters is 2. The summed E-state index contributed by atoms with van der Waals surface area (Å²) in [4.78, 5) is 37.0. The first-order valence-electron chi connectivity index (χ1n) is 26.3. The molecule has 68 heavy (non-hydrogen) atoms. The predicted octanol–water partition coefficient (Wildman–Crippen LogP) is 12.8.